The number of oxazole rings is 1. The molecule has 3 unspecified atom stereocenters. The first-order valence-corrected chi connectivity index (χ1v) is 39.6. The molecule has 646 valence electrons. The lowest BCUT2D eigenvalue weighted by Crippen LogP contribution is -2.24. The number of hydrogen-bond acceptors (Lipinski definition) is 3. The number of halogens is 21. The summed E-state index contributed by atoms with van der Waals surface area (Å²) < 4.78 is 337. The van der Waals surface area contributed by atoms with E-state index in [1.807, 2.05) is 44.2 Å². The number of fused-ring (bicyclic) bond motifs is 12. The normalized spacial score (nSPS) is 13.1. The van der Waals surface area contributed by atoms with Crippen molar-refractivity contribution in [3.63, 3.8) is 0 Å². The Balaban J connectivity index is 0.000000130. The van der Waals surface area contributed by atoms with E-state index in [-0.39, 0.29) is 39.3 Å². The van der Waals surface area contributed by atoms with Crippen LogP contribution in [0.25, 0.3) is 83.5 Å². The second-order valence-corrected chi connectivity index (χ2v) is 31.7. The fourth-order valence-electron chi connectivity index (χ4n) is 17.7. The molecule has 5 heterocycles. The highest BCUT2D eigenvalue weighted by molar-refractivity contribution is 6.07. The number of aromatic nitrogens is 4. The topological polar surface area (TPSA) is 49.0 Å². The van der Waals surface area contributed by atoms with Crippen molar-refractivity contribution in [2.75, 3.05) is 0 Å². The van der Waals surface area contributed by atoms with Crippen LogP contribution in [-0.4, -0.2) is 18.4 Å². The van der Waals surface area contributed by atoms with E-state index < -0.39 is 212 Å². The lowest BCUT2D eigenvalue weighted by Gasteiger charge is -2.34. The van der Waals surface area contributed by atoms with Crippen LogP contribution in [0.2, 0.25) is 0 Å². The molecule has 0 amide bonds. The van der Waals surface area contributed by atoms with Crippen LogP contribution in [0.3, 0.4) is 0 Å². The van der Waals surface area contributed by atoms with Crippen molar-refractivity contribution < 1.29 is 101 Å². The molecule has 1 aliphatic rings. The Morgan fingerprint density at radius 2 is 0.651 bits per heavy atom. The molecule has 0 saturated heterocycles. The molecule has 0 fully saturated rings. The molecular formula is C102H59F21N4O2. The summed E-state index contributed by atoms with van der Waals surface area (Å²) in [6.45, 7) is 8.11. The number of benzene rings is 15. The van der Waals surface area contributed by atoms with Crippen molar-refractivity contribution in [2.24, 2.45) is 0 Å². The third-order valence-electron chi connectivity index (χ3n) is 23.1. The number of nitrogens with zero attached hydrogens (tertiary/aromatic N) is 4. The summed E-state index contributed by atoms with van der Waals surface area (Å²) in [6.07, 6.45) is 0. The van der Waals surface area contributed by atoms with Crippen LogP contribution in [-0.2, 0) is 5.41 Å². The average Bonchev–Trinajstić information content (AvgIpc) is 1.60. The molecular weight excluding hydrogens is 1710 g/mol. The van der Waals surface area contributed by atoms with Gasteiger partial charge in [-0.1, -0.05) is 92.7 Å². The minimum atomic E-state index is -2.00. The highest BCUT2D eigenvalue weighted by atomic mass is 19.2. The zero-order valence-corrected chi connectivity index (χ0v) is 67.4. The van der Waals surface area contributed by atoms with Crippen LogP contribution in [0.5, 0.6) is 11.5 Å². The van der Waals surface area contributed by atoms with Gasteiger partial charge in [0, 0.05) is 109 Å². The number of ether oxygens (including phenoxy) is 1. The van der Waals surface area contributed by atoms with Gasteiger partial charge in [-0.2, -0.15) is 0 Å². The molecule has 129 heavy (non-hydrogen) atoms. The molecule has 0 aliphatic carbocycles. The molecule has 20 rings (SSSR count). The molecule has 15 aromatic carbocycles. The van der Waals surface area contributed by atoms with E-state index >= 15 is 79.0 Å². The SMILES string of the molecule is Cc1cc(F)c(C(c2cc(F)c(-c3c4ccccc4n4c3oc3ccccc34)c(F)c2)c2c(F)cc(F)cc2F)c(F)c1.Cc1cc(F)c(C(c2cc(F)c(-c3ccc4c(c3)C(C)(C)c3ccccc3O4)c(F)c2)c2c(F)cc(F)cc2F)c(F)c1.Cc1cc(F)c(C(c2cc(F)c(-n3c4ccccc4n4c5ccccc5nc34)c(F)c2)c2c(F)cc(F)cc2F)c(F)c1. The predicted octanol–water partition coefficient (Wildman–Crippen LogP) is 29.1. The van der Waals surface area contributed by atoms with Gasteiger partial charge in [-0.3, -0.25) is 13.4 Å². The molecule has 4 aromatic heterocycles. The Bertz CT molecular complexity index is 7180. The van der Waals surface area contributed by atoms with Gasteiger partial charge < -0.3 is 9.15 Å². The van der Waals surface area contributed by atoms with Crippen LogP contribution < -0.4 is 4.74 Å². The number of hydrogen-bond donors (Lipinski definition) is 0. The van der Waals surface area contributed by atoms with Crippen LogP contribution in [0.1, 0.15) is 109 Å². The minimum absolute atomic E-state index is 0.0803. The van der Waals surface area contributed by atoms with Gasteiger partial charge in [-0.25, -0.2) is 97.2 Å². The quantitative estimate of drug-likeness (QED) is 0.0905. The Morgan fingerprint density at radius 3 is 1.11 bits per heavy atom. The smallest absolute Gasteiger partial charge is 0.220 e. The van der Waals surface area contributed by atoms with E-state index in [0.717, 1.165) is 78.4 Å². The van der Waals surface area contributed by atoms with Gasteiger partial charge in [0.15, 0.2) is 17.2 Å². The molecule has 0 N–H and O–H groups in total. The maximum absolute atomic E-state index is 16.2. The third kappa shape index (κ3) is 14.7. The number of aryl methyl sites for hydroxylation is 3. The molecule has 0 radical (unpaired) electrons. The second-order valence-electron chi connectivity index (χ2n) is 31.7. The summed E-state index contributed by atoms with van der Waals surface area (Å²) >= 11 is 0. The van der Waals surface area contributed by atoms with Gasteiger partial charge in [0.1, 0.15) is 128 Å². The van der Waals surface area contributed by atoms with E-state index in [2.05, 4.69) is 4.98 Å². The van der Waals surface area contributed by atoms with Crippen molar-refractivity contribution in [2.45, 2.75) is 57.8 Å². The first-order chi connectivity index (χ1) is 61.6. The summed E-state index contributed by atoms with van der Waals surface area (Å²) in [4.78, 5) is 4.59. The van der Waals surface area contributed by atoms with Crippen LogP contribution in [0.15, 0.2) is 253 Å². The van der Waals surface area contributed by atoms with Gasteiger partial charge in [0.2, 0.25) is 11.5 Å². The average molecular weight is 1770 g/mol. The molecule has 0 bridgehead atoms. The summed E-state index contributed by atoms with van der Waals surface area (Å²) in [7, 11) is 0. The van der Waals surface area contributed by atoms with Crippen molar-refractivity contribution in [3.05, 3.63) is 449 Å². The van der Waals surface area contributed by atoms with Gasteiger partial charge in [0.05, 0.1) is 49.8 Å². The molecule has 6 nitrogen and oxygen atoms in total. The summed E-state index contributed by atoms with van der Waals surface area (Å²) in [6, 6.07) is 52.2. The van der Waals surface area contributed by atoms with Crippen LogP contribution >= 0.6 is 0 Å². The number of para-hydroxylation sites is 8. The predicted molar refractivity (Wildman–Crippen MR) is 445 cm³/mol. The monoisotopic (exact) mass is 1770 g/mol. The first kappa shape index (κ1) is 85.1. The van der Waals surface area contributed by atoms with Crippen molar-refractivity contribution in [3.8, 4) is 39.4 Å². The highest BCUT2D eigenvalue weighted by Gasteiger charge is 2.40. The van der Waals surface area contributed by atoms with E-state index in [9.17, 15) is 13.2 Å². The van der Waals surface area contributed by atoms with Crippen molar-refractivity contribution >= 4 is 55.6 Å². The maximum Gasteiger partial charge on any atom is 0.220 e. The largest absolute Gasteiger partial charge is 0.457 e. The lowest BCUT2D eigenvalue weighted by atomic mass is 9.75. The molecule has 27 heteroatoms. The van der Waals surface area contributed by atoms with Gasteiger partial charge in [0.25, 0.3) is 0 Å². The lowest BCUT2D eigenvalue weighted by molar-refractivity contribution is 0.418. The van der Waals surface area contributed by atoms with E-state index in [0.29, 0.717) is 97.5 Å². The first-order valence-electron chi connectivity index (χ1n) is 39.6. The molecule has 0 spiro atoms. The summed E-state index contributed by atoms with van der Waals surface area (Å²) in [5, 5.41) is 0.459. The molecule has 0 saturated carbocycles. The third-order valence-corrected chi connectivity index (χ3v) is 23.1. The molecule has 3 atom stereocenters. The zero-order valence-electron chi connectivity index (χ0n) is 67.4. The van der Waals surface area contributed by atoms with Crippen LogP contribution in [0, 0.1) is 143 Å². The maximum atomic E-state index is 16.2. The van der Waals surface area contributed by atoms with E-state index in [1.54, 1.807) is 112 Å². The van der Waals surface area contributed by atoms with Gasteiger partial charge in [-0.15, -0.1) is 0 Å². The number of imidazole rings is 2. The van der Waals surface area contributed by atoms with E-state index in [1.165, 1.54) is 31.4 Å². The highest BCUT2D eigenvalue weighted by Crippen LogP contribution is 2.52. The zero-order chi connectivity index (χ0) is 91.1. The van der Waals surface area contributed by atoms with Gasteiger partial charge in [-0.05, 0) is 193 Å². The number of rotatable bonds is 12. The second kappa shape index (κ2) is 32.6. The summed E-state index contributed by atoms with van der Waals surface area (Å²) in [5.74, 6) is -31.4. The molecule has 19 aromatic rings. The Hall–Kier alpha value is -14.8. The Morgan fingerprint density at radius 1 is 0.295 bits per heavy atom. The fourth-order valence-corrected chi connectivity index (χ4v) is 17.7. The standard InChI is InChI=1S/C35H23F7O.C34H18F7NO.C33H18F7N3/c1-17-10-23(37)33(24(38)11-17)32(34-27(41)15-20(36)16-28(34)42)19-13-25(39)31(26(40)14-19)18-8-9-30-22(12-18)35(2,3)21-6-4-5-7-29(21)43-30;1-16-10-20(36)31(21(37)11-16)29(32-24(40)14-18(35)15-25(32)41)17-12-22(38)33(23(39)13-17)30-19-6-2-3-7-26(19)42-27-8-4-5-9-28(27)43-34(30)42;1-16-10-19(35)30(20(36)11-16)29(31-21(37)14-18(34)15-22(31)38)17-12-23(39)32(24(40)13-17)43-28-9-5-4-8-27(28)42-26-7-3-2-6-25(26)41-33(42)43/h4-16,32H,1-3H3;2*2-15,29H,1H3. The Kier molecular flexibility index (Phi) is 21.5. The summed E-state index contributed by atoms with van der Waals surface area (Å²) in [5.41, 5.74) is -2.56. The van der Waals surface area contributed by atoms with E-state index in [4.69, 9.17) is 9.15 Å². The fraction of sp³-hybridized carbons (Fsp3) is 0.0882. The van der Waals surface area contributed by atoms with Gasteiger partial charge >= 0.3 is 0 Å². The Labute approximate surface area is 717 Å². The van der Waals surface area contributed by atoms with Crippen molar-refractivity contribution in [1.29, 1.82) is 0 Å². The van der Waals surface area contributed by atoms with Crippen LogP contribution in [0.4, 0.5) is 92.2 Å². The minimum Gasteiger partial charge on any atom is -0.457 e. The molecule has 1 aliphatic heterocycles. The van der Waals surface area contributed by atoms with Crippen molar-refractivity contribution in [1.82, 2.24) is 18.4 Å².